The summed E-state index contributed by atoms with van der Waals surface area (Å²) in [5, 5.41) is 10.2. The van der Waals surface area contributed by atoms with E-state index in [0.29, 0.717) is 25.3 Å². The van der Waals surface area contributed by atoms with Gasteiger partial charge in [0, 0.05) is 37.7 Å². The van der Waals surface area contributed by atoms with Gasteiger partial charge in [-0.3, -0.25) is 14.9 Å². The second-order valence-electron chi connectivity index (χ2n) is 6.61. The summed E-state index contributed by atoms with van der Waals surface area (Å²) >= 11 is 0. The van der Waals surface area contributed by atoms with Gasteiger partial charge < -0.3 is 14.6 Å². The SMILES string of the molecule is Cc1ccc(O)c(CN(Cc2cccnc2)Cc2ccc3c(c2)OCO3)n1. The van der Waals surface area contributed by atoms with Crippen LogP contribution in [0.2, 0.25) is 0 Å². The lowest BCUT2D eigenvalue weighted by Crippen LogP contribution is -2.23. The van der Waals surface area contributed by atoms with E-state index in [2.05, 4.69) is 14.9 Å². The fraction of sp³-hybridized carbons (Fsp3) is 0.238. The van der Waals surface area contributed by atoms with Crippen LogP contribution >= 0.6 is 0 Å². The average molecular weight is 363 g/mol. The lowest BCUT2D eigenvalue weighted by Gasteiger charge is -2.23. The van der Waals surface area contributed by atoms with Crippen LogP contribution in [-0.4, -0.2) is 26.8 Å². The van der Waals surface area contributed by atoms with Crippen LogP contribution < -0.4 is 9.47 Å². The summed E-state index contributed by atoms with van der Waals surface area (Å²) in [5.41, 5.74) is 3.76. The second kappa shape index (κ2) is 7.63. The molecule has 0 fully saturated rings. The number of hydrogen-bond donors (Lipinski definition) is 1. The molecule has 0 aliphatic carbocycles. The maximum absolute atomic E-state index is 10.2. The number of benzene rings is 1. The van der Waals surface area contributed by atoms with Crippen molar-refractivity contribution >= 4 is 0 Å². The molecule has 0 saturated carbocycles. The fourth-order valence-corrected chi connectivity index (χ4v) is 3.15. The van der Waals surface area contributed by atoms with Crippen molar-refractivity contribution in [2.24, 2.45) is 0 Å². The summed E-state index contributed by atoms with van der Waals surface area (Å²) < 4.78 is 10.9. The van der Waals surface area contributed by atoms with Crippen LogP contribution in [0, 0.1) is 6.92 Å². The molecule has 138 valence electrons. The molecule has 0 bridgehead atoms. The van der Waals surface area contributed by atoms with E-state index in [1.807, 2.05) is 49.5 Å². The standard InChI is InChI=1S/C21H21N3O3/c1-15-4-6-19(25)18(23-15)13-24(12-17-3-2-8-22-10-17)11-16-5-7-20-21(9-16)27-14-26-20/h2-10,25H,11-14H2,1H3. The molecule has 0 atom stereocenters. The molecule has 4 rings (SSSR count). The van der Waals surface area contributed by atoms with Crippen molar-refractivity contribution in [2.45, 2.75) is 26.6 Å². The van der Waals surface area contributed by atoms with Crippen LogP contribution in [0.15, 0.2) is 54.9 Å². The first-order valence-corrected chi connectivity index (χ1v) is 8.82. The number of aromatic hydroxyl groups is 1. The molecular weight excluding hydrogens is 342 g/mol. The van der Waals surface area contributed by atoms with Gasteiger partial charge in [-0.1, -0.05) is 12.1 Å². The Labute approximate surface area is 158 Å². The van der Waals surface area contributed by atoms with E-state index in [4.69, 9.17) is 9.47 Å². The Morgan fingerprint density at radius 1 is 1.00 bits per heavy atom. The quantitative estimate of drug-likeness (QED) is 0.724. The zero-order valence-electron chi connectivity index (χ0n) is 15.1. The average Bonchev–Trinajstić information content (AvgIpc) is 3.13. The van der Waals surface area contributed by atoms with Crippen molar-refractivity contribution < 1.29 is 14.6 Å². The molecular formula is C21H21N3O3. The number of pyridine rings is 2. The molecule has 1 aliphatic rings. The largest absolute Gasteiger partial charge is 0.506 e. The van der Waals surface area contributed by atoms with E-state index in [1.165, 1.54) is 0 Å². The van der Waals surface area contributed by atoms with Gasteiger partial charge in [0.25, 0.3) is 0 Å². The third kappa shape index (κ3) is 4.17. The van der Waals surface area contributed by atoms with Gasteiger partial charge >= 0.3 is 0 Å². The lowest BCUT2D eigenvalue weighted by molar-refractivity contribution is 0.174. The minimum Gasteiger partial charge on any atom is -0.506 e. The number of aromatic nitrogens is 2. The number of ether oxygens (including phenoxy) is 2. The van der Waals surface area contributed by atoms with E-state index in [9.17, 15) is 5.11 Å². The highest BCUT2D eigenvalue weighted by Gasteiger charge is 2.16. The third-order valence-corrected chi connectivity index (χ3v) is 4.43. The molecule has 0 unspecified atom stereocenters. The summed E-state index contributed by atoms with van der Waals surface area (Å²) in [6.07, 6.45) is 3.62. The molecule has 6 nitrogen and oxygen atoms in total. The van der Waals surface area contributed by atoms with Crippen LogP contribution in [0.4, 0.5) is 0 Å². The van der Waals surface area contributed by atoms with Crippen molar-refractivity contribution in [3.63, 3.8) is 0 Å². The molecule has 0 saturated heterocycles. The topological polar surface area (TPSA) is 67.7 Å². The van der Waals surface area contributed by atoms with E-state index in [0.717, 1.165) is 28.3 Å². The summed E-state index contributed by atoms with van der Waals surface area (Å²) in [7, 11) is 0. The van der Waals surface area contributed by atoms with Gasteiger partial charge in [0.15, 0.2) is 11.5 Å². The normalized spacial score (nSPS) is 12.5. The summed E-state index contributed by atoms with van der Waals surface area (Å²) in [6, 6.07) is 13.4. The smallest absolute Gasteiger partial charge is 0.231 e. The number of rotatable bonds is 6. The number of fused-ring (bicyclic) bond motifs is 1. The van der Waals surface area contributed by atoms with Gasteiger partial charge in [-0.2, -0.15) is 0 Å². The zero-order valence-corrected chi connectivity index (χ0v) is 15.1. The first kappa shape index (κ1) is 17.3. The van der Waals surface area contributed by atoms with Crippen molar-refractivity contribution in [1.29, 1.82) is 0 Å². The summed E-state index contributed by atoms with van der Waals surface area (Å²) in [5.74, 6) is 1.75. The molecule has 3 heterocycles. The zero-order chi connectivity index (χ0) is 18.6. The predicted octanol–water partition coefficient (Wildman–Crippen LogP) is 3.42. The molecule has 3 aromatic rings. The molecule has 0 radical (unpaired) electrons. The van der Waals surface area contributed by atoms with Crippen molar-refractivity contribution in [2.75, 3.05) is 6.79 Å². The molecule has 0 spiro atoms. The first-order chi connectivity index (χ1) is 13.2. The second-order valence-corrected chi connectivity index (χ2v) is 6.61. The van der Waals surface area contributed by atoms with Crippen LogP contribution in [0.25, 0.3) is 0 Å². The van der Waals surface area contributed by atoms with Gasteiger partial charge in [-0.25, -0.2) is 0 Å². The van der Waals surface area contributed by atoms with Gasteiger partial charge in [-0.15, -0.1) is 0 Å². The maximum atomic E-state index is 10.2. The highest BCUT2D eigenvalue weighted by Crippen LogP contribution is 2.33. The van der Waals surface area contributed by atoms with Crippen LogP contribution in [0.1, 0.15) is 22.5 Å². The lowest BCUT2D eigenvalue weighted by atomic mass is 10.1. The van der Waals surface area contributed by atoms with Crippen molar-refractivity contribution in [1.82, 2.24) is 14.9 Å². The Morgan fingerprint density at radius 2 is 1.85 bits per heavy atom. The summed E-state index contributed by atoms with van der Waals surface area (Å²) in [4.78, 5) is 10.9. The number of nitrogens with zero attached hydrogens (tertiary/aromatic N) is 3. The molecule has 0 amide bonds. The Balaban J connectivity index is 1.58. The summed E-state index contributed by atoms with van der Waals surface area (Å²) in [6.45, 7) is 4.08. The monoisotopic (exact) mass is 363 g/mol. The van der Waals surface area contributed by atoms with E-state index in [-0.39, 0.29) is 12.5 Å². The molecule has 1 aliphatic heterocycles. The van der Waals surface area contributed by atoms with Gasteiger partial charge in [0.05, 0.1) is 5.69 Å². The predicted molar refractivity (Wildman–Crippen MR) is 100 cm³/mol. The van der Waals surface area contributed by atoms with Crippen molar-refractivity contribution in [3.8, 4) is 17.2 Å². The van der Waals surface area contributed by atoms with Gasteiger partial charge in [0.1, 0.15) is 5.75 Å². The first-order valence-electron chi connectivity index (χ1n) is 8.82. The van der Waals surface area contributed by atoms with Crippen molar-refractivity contribution in [3.05, 3.63) is 77.4 Å². The van der Waals surface area contributed by atoms with E-state index < -0.39 is 0 Å². The van der Waals surface area contributed by atoms with Gasteiger partial charge in [0.2, 0.25) is 6.79 Å². The van der Waals surface area contributed by atoms with Crippen LogP contribution in [0.5, 0.6) is 17.2 Å². The minimum absolute atomic E-state index is 0.211. The Kier molecular flexibility index (Phi) is 4.89. The molecule has 27 heavy (non-hydrogen) atoms. The minimum atomic E-state index is 0.211. The third-order valence-electron chi connectivity index (χ3n) is 4.43. The number of hydrogen-bond acceptors (Lipinski definition) is 6. The number of aryl methyl sites for hydroxylation is 1. The Bertz CT molecular complexity index is 931. The molecule has 6 heteroatoms. The molecule has 1 aromatic carbocycles. The fourth-order valence-electron chi connectivity index (χ4n) is 3.15. The van der Waals surface area contributed by atoms with Crippen LogP contribution in [-0.2, 0) is 19.6 Å². The highest BCUT2D eigenvalue weighted by molar-refractivity contribution is 5.44. The van der Waals surface area contributed by atoms with Gasteiger partial charge in [-0.05, 0) is 48.4 Å². The van der Waals surface area contributed by atoms with E-state index >= 15 is 0 Å². The highest BCUT2D eigenvalue weighted by atomic mass is 16.7. The maximum Gasteiger partial charge on any atom is 0.231 e. The molecule has 2 aromatic heterocycles. The Hall–Kier alpha value is -3.12. The van der Waals surface area contributed by atoms with Crippen LogP contribution in [0.3, 0.4) is 0 Å². The Morgan fingerprint density at radius 3 is 2.70 bits per heavy atom. The van der Waals surface area contributed by atoms with E-state index in [1.54, 1.807) is 12.3 Å². The molecule has 1 N–H and O–H groups in total.